The third kappa shape index (κ3) is 3.14. The van der Waals surface area contributed by atoms with Gasteiger partial charge in [-0.2, -0.15) is 0 Å². The lowest BCUT2D eigenvalue weighted by Crippen LogP contribution is -2.10. The zero-order valence-electron chi connectivity index (χ0n) is 13.5. The second kappa shape index (κ2) is 5.84. The smallest absolute Gasteiger partial charge is 0.127 e. The van der Waals surface area contributed by atoms with E-state index in [9.17, 15) is 0 Å². The van der Waals surface area contributed by atoms with Crippen molar-refractivity contribution in [3.05, 3.63) is 77.9 Å². The second-order valence-electron chi connectivity index (χ2n) is 6.72. The lowest BCUT2D eigenvalue weighted by Gasteiger charge is -2.20. The van der Waals surface area contributed by atoms with Crippen LogP contribution in [-0.4, -0.2) is 0 Å². The lowest BCUT2D eigenvalue weighted by molar-refractivity contribution is 0.310. The van der Waals surface area contributed by atoms with Crippen molar-refractivity contribution in [3.63, 3.8) is 0 Å². The van der Waals surface area contributed by atoms with Crippen molar-refractivity contribution in [1.29, 1.82) is 0 Å². The Labute approximate surface area is 132 Å². The van der Waals surface area contributed by atoms with Gasteiger partial charge in [-0.3, -0.25) is 0 Å². The van der Waals surface area contributed by atoms with Crippen molar-refractivity contribution in [2.75, 3.05) is 0 Å². The van der Waals surface area contributed by atoms with Gasteiger partial charge in [0, 0.05) is 5.39 Å². The molecular weight excluding hydrogens is 268 g/mol. The number of hydrogen-bond donors (Lipinski definition) is 0. The summed E-state index contributed by atoms with van der Waals surface area (Å²) in [6.45, 7) is 7.32. The van der Waals surface area contributed by atoms with Crippen LogP contribution < -0.4 is 4.74 Å². The Bertz CT molecular complexity index is 767. The molecule has 0 unspecified atom stereocenters. The number of benzene rings is 3. The first-order valence-corrected chi connectivity index (χ1v) is 7.74. The normalized spacial score (nSPS) is 11.6. The summed E-state index contributed by atoms with van der Waals surface area (Å²) in [5.41, 5.74) is 2.70. The van der Waals surface area contributed by atoms with Crippen LogP contribution in [0.15, 0.2) is 66.7 Å². The maximum absolute atomic E-state index is 6.03. The van der Waals surface area contributed by atoms with E-state index in [2.05, 4.69) is 63.2 Å². The Balaban J connectivity index is 1.90. The summed E-state index contributed by atoms with van der Waals surface area (Å²) in [4.78, 5) is 0. The van der Waals surface area contributed by atoms with Gasteiger partial charge in [-0.05, 0) is 28.0 Å². The molecule has 0 saturated heterocycles. The van der Waals surface area contributed by atoms with Crippen LogP contribution in [-0.2, 0) is 12.0 Å². The fraction of sp³-hybridized carbons (Fsp3) is 0.238. The zero-order chi connectivity index (χ0) is 15.6. The van der Waals surface area contributed by atoms with Crippen LogP contribution >= 0.6 is 0 Å². The molecule has 0 atom stereocenters. The maximum atomic E-state index is 6.03. The van der Waals surface area contributed by atoms with E-state index in [-0.39, 0.29) is 5.41 Å². The molecule has 0 aliphatic rings. The number of ether oxygens (including phenoxy) is 1. The van der Waals surface area contributed by atoms with Gasteiger partial charge in [0.15, 0.2) is 0 Å². The molecule has 3 aromatic rings. The average Bonchev–Trinajstić information content (AvgIpc) is 2.52. The Morgan fingerprint density at radius 3 is 2.32 bits per heavy atom. The molecule has 0 saturated carbocycles. The summed E-state index contributed by atoms with van der Waals surface area (Å²) in [5, 5.41) is 2.41. The first kappa shape index (κ1) is 14.6. The van der Waals surface area contributed by atoms with Gasteiger partial charge in [0.1, 0.15) is 12.4 Å². The van der Waals surface area contributed by atoms with Crippen molar-refractivity contribution in [3.8, 4) is 5.75 Å². The van der Waals surface area contributed by atoms with E-state index in [1.807, 2.05) is 24.3 Å². The molecular formula is C21H22O. The van der Waals surface area contributed by atoms with Crippen LogP contribution in [0.1, 0.15) is 31.9 Å². The number of rotatable bonds is 3. The minimum atomic E-state index is 0.162. The van der Waals surface area contributed by atoms with E-state index in [1.54, 1.807) is 0 Å². The summed E-state index contributed by atoms with van der Waals surface area (Å²) in [6, 6.07) is 23.2. The fourth-order valence-corrected chi connectivity index (χ4v) is 2.58. The summed E-state index contributed by atoms with van der Waals surface area (Å²) >= 11 is 0. The van der Waals surface area contributed by atoms with Gasteiger partial charge in [-0.25, -0.2) is 0 Å². The van der Waals surface area contributed by atoms with Crippen LogP contribution in [0.25, 0.3) is 10.8 Å². The van der Waals surface area contributed by atoms with Crippen molar-refractivity contribution in [2.45, 2.75) is 32.8 Å². The Hall–Kier alpha value is -2.28. The van der Waals surface area contributed by atoms with Crippen molar-refractivity contribution in [2.24, 2.45) is 0 Å². The SMILES string of the molecule is CC(C)(C)c1ccc2c(OCc3ccccc3)cccc2c1. The predicted octanol–water partition coefficient (Wildman–Crippen LogP) is 5.72. The Kier molecular flexibility index (Phi) is 3.89. The van der Waals surface area contributed by atoms with E-state index in [0.29, 0.717) is 6.61 Å². The molecule has 3 rings (SSSR count). The highest BCUT2D eigenvalue weighted by Gasteiger charge is 2.14. The summed E-state index contributed by atoms with van der Waals surface area (Å²) in [5.74, 6) is 0.946. The van der Waals surface area contributed by atoms with Crippen molar-refractivity contribution >= 4 is 10.8 Å². The molecule has 1 heteroatoms. The lowest BCUT2D eigenvalue weighted by atomic mass is 9.86. The van der Waals surface area contributed by atoms with Gasteiger partial charge in [0.2, 0.25) is 0 Å². The highest BCUT2D eigenvalue weighted by molar-refractivity contribution is 5.89. The zero-order valence-corrected chi connectivity index (χ0v) is 13.5. The maximum Gasteiger partial charge on any atom is 0.127 e. The first-order valence-electron chi connectivity index (χ1n) is 7.74. The van der Waals surface area contributed by atoms with E-state index >= 15 is 0 Å². The molecule has 0 bridgehead atoms. The van der Waals surface area contributed by atoms with Crippen molar-refractivity contribution in [1.82, 2.24) is 0 Å². The second-order valence-corrected chi connectivity index (χ2v) is 6.72. The minimum Gasteiger partial charge on any atom is -0.488 e. The van der Waals surface area contributed by atoms with E-state index < -0.39 is 0 Å². The van der Waals surface area contributed by atoms with Gasteiger partial charge in [0.25, 0.3) is 0 Å². The Morgan fingerprint density at radius 2 is 1.59 bits per heavy atom. The molecule has 0 radical (unpaired) electrons. The van der Waals surface area contributed by atoms with Crippen molar-refractivity contribution < 1.29 is 4.74 Å². The molecule has 112 valence electrons. The minimum absolute atomic E-state index is 0.162. The van der Waals surface area contributed by atoms with Gasteiger partial charge in [0.05, 0.1) is 0 Å². The van der Waals surface area contributed by atoms with E-state index in [1.165, 1.54) is 21.9 Å². The summed E-state index contributed by atoms with van der Waals surface area (Å²) in [7, 11) is 0. The molecule has 22 heavy (non-hydrogen) atoms. The molecule has 3 aromatic carbocycles. The number of fused-ring (bicyclic) bond motifs is 1. The highest BCUT2D eigenvalue weighted by atomic mass is 16.5. The molecule has 0 spiro atoms. The monoisotopic (exact) mass is 290 g/mol. The molecule has 0 fully saturated rings. The van der Waals surface area contributed by atoms with E-state index in [4.69, 9.17) is 4.74 Å². The largest absolute Gasteiger partial charge is 0.488 e. The summed E-state index contributed by atoms with van der Waals surface area (Å²) in [6.07, 6.45) is 0. The Morgan fingerprint density at radius 1 is 0.818 bits per heavy atom. The summed E-state index contributed by atoms with van der Waals surface area (Å²) < 4.78 is 6.03. The molecule has 0 aliphatic carbocycles. The van der Waals surface area contributed by atoms with Crippen LogP contribution in [0, 0.1) is 0 Å². The van der Waals surface area contributed by atoms with Crippen LogP contribution in [0.4, 0.5) is 0 Å². The van der Waals surface area contributed by atoms with E-state index in [0.717, 1.165) is 5.75 Å². The van der Waals surface area contributed by atoms with Gasteiger partial charge >= 0.3 is 0 Å². The highest BCUT2D eigenvalue weighted by Crippen LogP contribution is 2.31. The topological polar surface area (TPSA) is 9.23 Å². The average molecular weight is 290 g/mol. The first-order chi connectivity index (χ1) is 10.5. The van der Waals surface area contributed by atoms with Gasteiger partial charge in [-0.15, -0.1) is 0 Å². The van der Waals surface area contributed by atoms with Gasteiger partial charge < -0.3 is 4.74 Å². The third-order valence-corrected chi connectivity index (χ3v) is 3.94. The van der Waals surface area contributed by atoms with Crippen LogP contribution in [0.2, 0.25) is 0 Å². The molecule has 0 aromatic heterocycles. The quantitative estimate of drug-likeness (QED) is 0.599. The molecule has 0 aliphatic heterocycles. The third-order valence-electron chi connectivity index (χ3n) is 3.94. The molecule has 0 heterocycles. The fourth-order valence-electron chi connectivity index (χ4n) is 2.58. The molecule has 1 nitrogen and oxygen atoms in total. The predicted molar refractivity (Wildman–Crippen MR) is 93.4 cm³/mol. The van der Waals surface area contributed by atoms with Gasteiger partial charge in [-0.1, -0.05) is 81.4 Å². The van der Waals surface area contributed by atoms with Crippen LogP contribution in [0.5, 0.6) is 5.75 Å². The molecule has 0 N–H and O–H groups in total. The van der Waals surface area contributed by atoms with Crippen LogP contribution in [0.3, 0.4) is 0 Å². The number of hydrogen-bond acceptors (Lipinski definition) is 1. The molecule has 0 amide bonds. The standard InChI is InChI=1S/C21H22O/c1-21(2,3)18-12-13-19-17(14-18)10-7-11-20(19)22-15-16-8-5-4-6-9-16/h4-14H,15H2,1-3H3.